The zero-order valence-electron chi connectivity index (χ0n) is 12.7. The van der Waals surface area contributed by atoms with Crippen LogP contribution in [0.15, 0.2) is 64.7 Å². The lowest BCUT2D eigenvalue weighted by Gasteiger charge is -2.04. The fourth-order valence-corrected chi connectivity index (χ4v) is 2.42. The monoisotopic (exact) mass is 320 g/mol. The summed E-state index contributed by atoms with van der Waals surface area (Å²) in [4.78, 5) is 27.7. The minimum Gasteiger partial charge on any atom is -0.267 e. The first-order chi connectivity index (χ1) is 11.6. The van der Waals surface area contributed by atoms with Gasteiger partial charge in [-0.2, -0.15) is 14.9 Å². The van der Waals surface area contributed by atoms with Gasteiger partial charge in [0.15, 0.2) is 0 Å². The lowest BCUT2D eigenvalue weighted by Crippen LogP contribution is -2.38. The second kappa shape index (κ2) is 5.27. The SMILES string of the molecule is Cn1c(=O)cnn(-c2ccc3nn(-c4cccnc4)cc3c2)c1=O. The summed E-state index contributed by atoms with van der Waals surface area (Å²) in [5, 5.41) is 9.25. The summed E-state index contributed by atoms with van der Waals surface area (Å²) in [5.74, 6) is 0. The number of hydrogen-bond donors (Lipinski definition) is 0. The zero-order chi connectivity index (χ0) is 16.7. The van der Waals surface area contributed by atoms with E-state index in [0.29, 0.717) is 5.69 Å². The van der Waals surface area contributed by atoms with Gasteiger partial charge in [0.1, 0.15) is 6.20 Å². The Balaban J connectivity index is 1.86. The van der Waals surface area contributed by atoms with Crippen LogP contribution < -0.4 is 11.2 Å². The van der Waals surface area contributed by atoms with Crippen molar-refractivity contribution in [3.8, 4) is 11.4 Å². The van der Waals surface area contributed by atoms with Gasteiger partial charge in [0.25, 0.3) is 5.56 Å². The van der Waals surface area contributed by atoms with E-state index in [1.54, 1.807) is 35.3 Å². The third-order valence-electron chi connectivity index (χ3n) is 3.73. The number of aromatic nitrogens is 6. The summed E-state index contributed by atoms with van der Waals surface area (Å²) in [5.41, 5.74) is 1.24. The molecular formula is C16H12N6O2. The molecule has 0 fully saturated rings. The molecule has 0 saturated heterocycles. The quantitative estimate of drug-likeness (QED) is 0.541. The van der Waals surface area contributed by atoms with E-state index in [1.165, 1.54) is 11.7 Å². The van der Waals surface area contributed by atoms with Gasteiger partial charge >= 0.3 is 5.69 Å². The molecule has 118 valence electrons. The van der Waals surface area contributed by atoms with E-state index < -0.39 is 11.2 Å². The first-order valence-corrected chi connectivity index (χ1v) is 7.19. The van der Waals surface area contributed by atoms with Gasteiger partial charge in [0.05, 0.1) is 23.1 Å². The lowest BCUT2D eigenvalue weighted by molar-refractivity contribution is 0.655. The second-order valence-electron chi connectivity index (χ2n) is 5.26. The molecule has 0 saturated carbocycles. The van der Waals surface area contributed by atoms with Gasteiger partial charge in [0.2, 0.25) is 0 Å². The van der Waals surface area contributed by atoms with E-state index in [-0.39, 0.29) is 0 Å². The zero-order valence-corrected chi connectivity index (χ0v) is 12.7. The molecule has 0 amide bonds. The van der Waals surface area contributed by atoms with Crippen molar-refractivity contribution in [3.63, 3.8) is 0 Å². The van der Waals surface area contributed by atoms with Crippen molar-refractivity contribution in [2.75, 3.05) is 0 Å². The average molecular weight is 320 g/mol. The summed E-state index contributed by atoms with van der Waals surface area (Å²) in [6.45, 7) is 0. The van der Waals surface area contributed by atoms with E-state index in [4.69, 9.17) is 0 Å². The first-order valence-electron chi connectivity index (χ1n) is 7.19. The Kier molecular flexibility index (Phi) is 3.09. The third kappa shape index (κ3) is 2.21. The fraction of sp³-hybridized carbons (Fsp3) is 0.0625. The van der Waals surface area contributed by atoms with Crippen LogP contribution in [-0.2, 0) is 7.05 Å². The molecular weight excluding hydrogens is 308 g/mol. The van der Waals surface area contributed by atoms with Gasteiger partial charge in [-0.1, -0.05) is 0 Å². The number of nitrogens with zero attached hydrogens (tertiary/aromatic N) is 6. The van der Waals surface area contributed by atoms with Crippen LogP contribution in [0.2, 0.25) is 0 Å². The molecule has 3 heterocycles. The molecule has 0 unspecified atom stereocenters. The lowest BCUT2D eigenvalue weighted by atomic mass is 10.2. The highest BCUT2D eigenvalue weighted by Crippen LogP contribution is 2.18. The molecule has 3 aromatic heterocycles. The normalized spacial score (nSPS) is 11.0. The summed E-state index contributed by atoms with van der Waals surface area (Å²) in [7, 11) is 1.42. The van der Waals surface area contributed by atoms with E-state index in [9.17, 15) is 9.59 Å². The van der Waals surface area contributed by atoms with Crippen LogP contribution >= 0.6 is 0 Å². The maximum atomic E-state index is 12.2. The van der Waals surface area contributed by atoms with Crippen molar-refractivity contribution >= 4 is 10.9 Å². The van der Waals surface area contributed by atoms with Crippen LogP contribution in [-0.4, -0.2) is 29.1 Å². The maximum absolute atomic E-state index is 12.2. The van der Waals surface area contributed by atoms with Crippen molar-refractivity contribution in [1.29, 1.82) is 0 Å². The van der Waals surface area contributed by atoms with Crippen LogP contribution in [0.1, 0.15) is 0 Å². The predicted octanol–water partition coefficient (Wildman–Crippen LogP) is 0.665. The molecule has 0 spiro atoms. The molecule has 0 bridgehead atoms. The van der Waals surface area contributed by atoms with Gasteiger partial charge in [0, 0.05) is 24.8 Å². The van der Waals surface area contributed by atoms with Crippen LogP contribution in [0.4, 0.5) is 0 Å². The fourth-order valence-electron chi connectivity index (χ4n) is 2.42. The van der Waals surface area contributed by atoms with Gasteiger partial charge < -0.3 is 0 Å². The summed E-state index contributed by atoms with van der Waals surface area (Å²) < 4.78 is 3.91. The minimum absolute atomic E-state index is 0.443. The number of rotatable bonds is 2. The van der Waals surface area contributed by atoms with Gasteiger partial charge in [-0.05, 0) is 30.3 Å². The number of pyridine rings is 1. The maximum Gasteiger partial charge on any atom is 0.351 e. The van der Waals surface area contributed by atoms with Crippen molar-refractivity contribution in [3.05, 3.63) is 76.0 Å². The molecule has 0 aliphatic rings. The molecule has 0 radical (unpaired) electrons. The molecule has 8 heteroatoms. The highest BCUT2D eigenvalue weighted by Gasteiger charge is 2.08. The Morgan fingerprint density at radius 2 is 1.92 bits per heavy atom. The molecule has 4 rings (SSSR count). The molecule has 0 aliphatic carbocycles. The summed E-state index contributed by atoms with van der Waals surface area (Å²) >= 11 is 0. The van der Waals surface area contributed by atoms with Crippen LogP contribution in [0.3, 0.4) is 0 Å². The molecule has 4 aromatic rings. The largest absolute Gasteiger partial charge is 0.351 e. The van der Waals surface area contributed by atoms with Crippen LogP contribution in [0, 0.1) is 0 Å². The Bertz CT molecular complexity index is 1160. The Morgan fingerprint density at radius 1 is 1.04 bits per heavy atom. The molecule has 24 heavy (non-hydrogen) atoms. The van der Waals surface area contributed by atoms with Crippen molar-refractivity contribution in [2.24, 2.45) is 7.05 Å². The molecule has 0 aliphatic heterocycles. The Labute approximate surface area is 135 Å². The smallest absolute Gasteiger partial charge is 0.267 e. The molecule has 8 nitrogen and oxygen atoms in total. The minimum atomic E-state index is -0.499. The number of benzene rings is 1. The van der Waals surface area contributed by atoms with Crippen molar-refractivity contribution in [1.82, 2.24) is 29.1 Å². The van der Waals surface area contributed by atoms with Gasteiger partial charge in [-0.25, -0.2) is 9.48 Å². The van der Waals surface area contributed by atoms with E-state index in [2.05, 4.69) is 15.2 Å². The van der Waals surface area contributed by atoms with E-state index in [1.807, 2.05) is 18.3 Å². The van der Waals surface area contributed by atoms with Gasteiger partial charge in [-0.3, -0.25) is 14.3 Å². The molecule has 1 aromatic carbocycles. The predicted molar refractivity (Wildman–Crippen MR) is 87.5 cm³/mol. The van der Waals surface area contributed by atoms with Gasteiger partial charge in [-0.15, -0.1) is 0 Å². The highest BCUT2D eigenvalue weighted by molar-refractivity contribution is 5.80. The van der Waals surface area contributed by atoms with E-state index >= 15 is 0 Å². The molecule has 0 N–H and O–H groups in total. The standard InChI is InChI=1S/C16H12N6O2/c1-20-15(23)9-18-22(16(20)24)12-4-5-14-11(7-12)10-21(19-14)13-3-2-6-17-8-13/h2-10H,1H3. The van der Waals surface area contributed by atoms with Crippen LogP contribution in [0.5, 0.6) is 0 Å². The first kappa shape index (κ1) is 14.1. The third-order valence-corrected chi connectivity index (χ3v) is 3.73. The molecule has 0 atom stereocenters. The number of hydrogen-bond acceptors (Lipinski definition) is 5. The van der Waals surface area contributed by atoms with Crippen molar-refractivity contribution < 1.29 is 0 Å². The Hall–Kier alpha value is -3.55. The number of fused-ring (bicyclic) bond motifs is 1. The van der Waals surface area contributed by atoms with Crippen molar-refractivity contribution in [2.45, 2.75) is 0 Å². The average Bonchev–Trinajstić information content (AvgIpc) is 3.04. The van der Waals surface area contributed by atoms with E-state index in [0.717, 1.165) is 27.4 Å². The topological polar surface area (TPSA) is 87.6 Å². The Morgan fingerprint density at radius 3 is 2.71 bits per heavy atom. The summed E-state index contributed by atoms with van der Waals surface area (Å²) in [6, 6.07) is 9.08. The summed E-state index contributed by atoms with van der Waals surface area (Å²) in [6.07, 6.45) is 6.38. The second-order valence-corrected chi connectivity index (χ2v) is 5.26. The highest BCUT2D eigenvalue weighted by atomic mass is 16.2. The van der Waals surface area contributed by atoms with Crippen LogP contribution in [0.25, 0.3) is 22.3 Å².